The third kappa shape index (κ3) is 4.29. The van der Waals surface area contributed by atoms with E-state index in [1.54, 1.807) is 27.9 Å². The van der Waals surface area contributed by atoms with Crippen molar-refractivity contribution in [2.24, 2.45) is 5.73 Å². The zero-order valence-electron chi connectivity index (χ0n) is 10.2. The average molecular weight is 215 g/mol. The zero-order chi connectivity index (χ0) is 12.2. The number of amides is 2. The molecular weight excluding hydrogens is 194 g/mol. The highest BCUT2D eigenvalue weighted by Crippen LogP contribution is 2.04. The Balaban J connectivity index is 4.52. The van der Waals surface area contributed by atoms with Gasteiger partial charge < -0.3 is 15.5 Å². The number of hydrogen-bond donors (Lipinski definition) is 1. The third-order valence-corrected chi connectivity index (χ3v) is 2.05. The van der Waals surface area contributed by atoms with Gasteiger partial charge in [0.15, 0.2) is 0 Å². The molecule has 0 heterocycles. The lowest BCUT2D eigenvalue weighted by Gasteiger charge is -2.28. The van der Waals surface area contributed by atoms with E-state index in [0.29, 0.717) is 6.54 Å². The van der Waals surface area contributed by atoms with Crippen LogP contribution in [0, 0.1) is 0 Å². The summed E-state index contributed by atoms with van der Waals surface area (Å²) in [5, 5.41) is 0. The van der Waals surface area contributed by atoms with Gasteiger partial charge in [-0.15, -0.1) is 0 Å². The fourth-order valence-electron chi connectivity index (χ4n) is 1.04. The Morgan fingerprint density at radius 2 is 1.73 bits per heavy atom. The van der Waals surface area contributed by atoms with E-state index in [2.05, 4.69) is 0 Å². The minimum absolute atomic E-state index is 0.0863. The lowest BCUT2D eigenvalue weighted by Crippen LogP contribution is -2.53. The standard InChI is InChI=1S/C10H21N3O2/c1-6-13(7-8(14)12(4)5)9(15)10(2,3)11/h6-7,11H2,1-5H3. The van der Waals surface area contributed by atoms with Gasteiger partial charge in [0.1, 0.15) is 0 Å². The smallest absolute Gasteiger partial charge is 0.242 e. The first-order valence-corrected chi connectivity index (χ1v) is 4.98. The van der Waals surface area contributed by atoms with Crippen molar-refractivity contribution in [2.45, 2.75) is 26.3 Å². The highest BCUT2D eigenvalue weighted by atomic mass is 16.2. The number of nitrogens with zero attached hydrogens (tertiary/aromatic N) is 2. The van der Waals surface area contributed by atoms with Crippen LogP contribution in [0.3, 0.4) is 0 Å². The van der Waals surface area contributed by atoms with Crippen LogP contribution in [0.1, 0.15) is 20.8 Å². The van der Waals surface area contributed by atoms with Crippen molar-refractivity contribution >= 4 is 11.8 Å². The molecule has 15 heavy (non-hydrogen) atoms. The number of rotatable bonds is 4. The monoisotopic (exact) mass is 215 g/mol. The summed E-state index contributed by atoms with van der Waals surface area (Å²) in [5.74, 6) is -0.311. The SMILES string of the molecule is CCN(CC(=O)N(C)C)C(=O)C(C)(C)N. The van der Waals surface area contributed by atoms with Crippen molar-refractivity contribution in [1.82, 2.24) is 9.80 Å². The quantitative estimate of drug-likeness (QED) is 0.697. The minimum atomic E-state index is -0.928. The van der Waals surface area contributed by atoms with E-state index in [1.165, 1.54) is 9.80 Å². The average Bonchev–Trinajstić information content (AvgIpc) is 2.10. The van der Waals surface area contributed by atoms with Crippen LogP contribution in [-0.4, -0.2) is 54.3 Å². The molecule has 2 amide bonds. The van der Waals surface area contributed by atoms with Gasteiger partial charge in [0, 0.05) is 20.6 Å². The van der Waals surface area contributed by atoms with E-state index >= 15 is 0 Å². The van der Waals surface area contributed by atoms with Crippen molar-refractivity contribution in [2.75, 3.05) is 27.2 Å². The highest BCUT2D eigenvalue weighted by molar-refractivity contribution is 5.89. The fourth-order valence-corrected chi connectivity index (χ4v) is 1.04. The maximum atomic E-state index is 11.8. The lowest BCUT2D eigenvalue weighted by atomic mass is 10.1. The molecule has 0 saturated carbocycles. The van der Waals surface area contributed by atoms with Crippen molar-refractivity contribution in [3.63, 3.8) is 0 Å². The van der Waals surface area contributed by atoms with Crippen LogP contribution >= 0.6 is 0 Å². The first kappa shape index (κ1) is 13.9. The molecule has 0 aromatic heterocycles. The molecule has 0 saturated heterocycles. The van der Waals surface area contributed by atoms with Crippen LogP contribution in [0.15, 0.2) is 0 Å². The Morgan fingerprint density at radius 1 is 1.27 bits per heavy atom. The number of carbonyl (C=O) groups excluding carboxylic acids is 2. The lowest BCUT2D eigenvalue weighted by molar-refractivity contribution is -0.141. The summed E-state index contributed by atoms with van der Waals surface area (Å²) in [6, 6.07) is 0. The van der Waals surface area contributed by atoms with Crippen molar-refractivity contribution in [1.29, 1.82) is 0 Å². The maximum absolute atomic E-state index is 11.8. The molecular formula is C10H21N3O2. The van der Waals surface area contributed by atoms with E-state index in [9.17, 15) is 9.59 Å². The molecule has 0 unspecified atom stereocenters. The van der Waals surface area contributed by atoms with Crippen LogP contribution in [0.4, 0.5) is 0 Å². The molecule has 0 spiro atoms. The summed E-state index contributed by atoms with van der Waals surface area (Å²) in [7, 11) is 3.32. The molecule has 2 N–H and O–H groups in total. The molecule has 0 atom stereocenters. The third-order valence-electron chi connectivity index (χ3n) is 2.05. The molecule has 88 valence electrons. The molecule has 0 radical (unpaired) electrons. The Kier molecular flexibility index (Phi) is 4.74. The van der Waals surface area contributed by atoms with Gasteiger partial charge in [-0.25, -0.2) is 0 Å². The van der Waals surface area contributed by atoms with E-state index < -0.39 is 5.54 Å². The predicted molar refractivity (Wildman–Crippen MR) is 59.2 cm³/mol. The first-order chi connectivity index (χ1) is 6.70. The Labute approximate surface area is 91.2 Å². The minimum Gasteiger partial charge on any atom is -0.347 e. The predicted octanol–water partition coefficient (Wildman–Crippen LogP) is -0.340. The number of hydrogen-bond acceptors (Lipinski definition) is 3. The zero-order valence-corrected chi connectivity index (χ0v) is 10.2. The summed E-state index contributed by atoms with van der Waals surface area (Å²) in [6.07, 6.45) is 0. The van der Waals surface area contributed by atoms with Gasteiger partial charge in [0.05, 0.1) is 12.1 Å². The molecule has 0 aliphatic carbocycles. The van der Waals surface area contributed by atoms with Crippen LogP contribution in [0.25, 0.3) is 0 Å². The van der Waals surface area contributed by atoms with Gasteiger partial charge in [-0.3, -0.25) is 9.59 Å². The normalized spacial score (nSPS) is 11.1. The summed E-state index contributed by atoms with van der Waals surface area (Å²) >= 11 is 0. The Morgan fingerprint density at radius 3 is 2.00 bits per heavy atom. The summed E-state index contributed by atoms with van der Waals surface area (Å²) in [5.41, 5.74) is 4.76. The summed E-state index contributed by atoms with van der Waals surface area (Å²) < 4.78 is 0. The number of nitrogens with two attached hydrogens (primary N) is 1. The molecule has 5 nitrogen and oxygen atoms in total. The first-order valence-electron chi connectivity index (χ1n) is 4.98. The van der Waals surface area contributed by atoms with Crippen molar-refractivity contribution in [3.05, 3.63) is 0 Å². The Hall–Kier alpha value is -1.10. The maximum Gasteiger partial charge on any atom is 0.242 e. The topological polar surface area (TPSA) is 66.6 Å². The van der Waals surface area contributed by atoms with Crippen LogP contribution in [-0.2, 0) is 9.59 Å². The van der Waals surface area contributed by atoms with Gasteiger partial charge in [0.2, 0.25) is 11.8 Å². The molecule has 5 heteroatoms. The van der Waals surface area contributed by atoms with Crippen molar-refractivity contribution < 1.29 is 9.59 Å². The molecule has 0 rings (SSSR count). The molecule has 0 aromatic rings. The van der Waals surface area contributed by atoms with Gasteiger partial charge in [-0.1, -0.05) is 0 Å². The fraction of sp³-hybridized carbons (Fsp3) is 0.800. The molecule has 0 fully saturated rings. The second-order valence-corrected chi connectivity index (χ2v) is 4.33. The van der Waals surface area contributed by atoms with E-state index in [0.717, 1.165) is 0 Å². The van der Waals surface area contributed by atoms with Gasteiger partial charge in [0.25, 0.3) is 0 Å². The van der Waals surface area contributed by atoms with Gasteiger partial charge >= 0.3 is 0 Å². The molecule has 0 aliphatic rings. The second-order valence-electron chi connectivity index (χ2n) is 4.33. The van der Waals surface area contributed by atoms with E-state index in [4.69, 9.17) is 5.73 Å². The van der Waals surface area contributed by atoms with Crippen molar-refractivity contribution in [3.8, 4) is 0 Å². The molecule has 0 aliphatic heterocycles. The van der Waals surface area contributed by atoms with Crippen LogP contribution < -0.4 is 5.73 Å². The number of likely N-dealkylation sites (N-methyl/N-ethyl adjacent to an activating group) is 2. The summed E-state index contributed by atoms with van der Waals surface area (Å²) in [4.78, 5) is 26.1. The van der Waals surface area contributed by atoms with E-state index in [-0.39, 0.29) is 18.4 Å². The largest absolute Gasteiger partial charge is 0.347 e. The van der Waals surface area contributed by atoms with Gasteiger partial charge in [-0.05, 0) is 20.8 Å². The number of carbonyl (C=O) groups is 2. The van der Waals surface area contributed by atoms with E-state index in [1.807, 2.05) is 6.92 Å². The van der Waals surface area contributed by atoms with Crippen LogP contribution in [0.5, 0.6) is 0 Å². The highest BCUT2D eigenvalue weighted by Gasteiger charge is 2.28. The second kappa shape index (κ2) is 5.11. The van der Waals surface area contributed by atoms with Crippen LogP contribution in [0.2, 0.25) is 0 Å². The molecule has 0 aromatic carbocycles. The molecule has 0 bridgehead atoms. The van der Waals surface area contributed by atoms with Gasteiger partial charge in [-0.2, -0.15) is 0 Å². The summed E-state index contributed by atoms with van der Waals surface area (Å²) in [6.45, 7) is 5.67. The Bertz CT molecular complexity index is 244.